The van der Waals surface area contributed by atoms with Gasteiger partial charge in [-0.1, -0.05) is 17.7 Å². The first-order chi connectivity index (χ1) is 8.09. The van der Waals surface area contributed by atoms with Crippen LogP contribution in [0.2, 0.25) is 5.02 Å². The lowest BCUT2D eigenvalue weighted by atomic mass is 10.0. The van der Waals surface area contributed by atoms with Crippen molar-refractivity contribution in [3.05, 3.63) is 34.3 Å². The minimum atomic E-state index is -0.694. The minimum absolute atomic E-state index is 0.430. The van der Waals surface area contributed by atoms with Gasteiger partial charge < -0.3 is 15.2 Å². The number of aryl methyl sites for hydroxylation is 1. The molecular formula is C13H18ClNO2. The molecule has 1 aromatic carbocycles. The Labute approximate surface area is 107 Å². The predicted octanol–water partition coefficient (Wildman–Crippen LogP) is 1.89. The van der Waals surface area contributed by atoms with E-state index >= 15 is 0 Å². The van der Waals surface area contributed by atoms with Crippen LogP contribution in [0.15, 0.2) is 18.2 Å². The Bertz CT molecular complexity index is 389. The second-order valence-corrected chi connectivity index (χ2v) is 5.14. The molecule has 1 unspecified atom stereocenters. The average molecular weight is 256 g/mol. The molecule has 0 spiro atoms. The molecule has 1 fully saturated rings. The van der Waals surface area contributed by atoms with E-state index in [1.54, 1.807) is 0 Å². The number of ether oxygens (including phenoxy) is 1. The average Bonchev–Trinajstić information content (AvgIpc) is 2.69. The highest BCUT2D eigenvalue weighted by molar-refractivity contribution is 6.30. The van der Waals surface area contributed by atoms with E-state index in [0.717, 1.165) is 11.6 Å². The van der Waals surface area contributed by atoms with E-state index < -0.39 is 5.60 Å². The molecule has 0 bridgehead atoms. The molecule has 1 aliphatic rings. The third kappa shape index (κ3) is 3.42. The highest BCUT2D eigenvalue weighted by atomic mass is 35.5. The third-order valence-electron chi connectivity index (χ3n) is 3.16. The van der Waals surface area contributed by atoms with Crippen LogP contribution < -0.4 is 5.32 Å². The molecule has 3 nitrogen and oxygen atoms in total. The quantitative estimate of drug-likeness (QED) is 0.863. The van der Waals surface area contributed by atoms with Gasteiger partial charge in [-0.05, 0) is 30.2 Å². The summed E-state index contributed by atoms with van der Waals surface area (Å²) in [5, 5.41) is 14.1. The van der Waals surface area contributed by atoms with E-state index in [0.29, 0.717) is 26.2 Å². The normalized spacial score (nSPS) is 24.2. The van der Waals surface area contributed by atoms with Gasteiger partial charge in [-0.3, -0.25) is 0 Å². The minimum Gasteiger partial charge on any atom is -0.386 e. The fourth-order valence-electron chi connectivity index (χ4n) is 2.02. The van der Waals surface area contributed by atoms with Crippen molar-refractivity contribution in [3.63, 3.8) is 0 Å². The van der Waals surface area contributed by atoms with E-state index in [2.05, 4.69) is 5.32 Å². The molecular weight excluding hydrogens is 238 g/mol. The van der Waals surface area contributed by atoms with Gasteiger partial charge in [-0.15, -0.1) is 0 Å². The van der Waals surface area contributed by atoms with Crippen LogP contribution in [-0.4, -0.2) is 30.5 Å². The molecule has 17 heavy (non-hydrogen) atoms. The number of hydrogen-bond acceptors (Lipinski definition) is 3. The number of halogens is 1. The highest BCUT2D eigenvalue weighted by Crippen LogP contribution is 2.18. The Kier molecular flexibility index (Phi) is 4.05. The van der Waals surface area contributed by atoms with Crippen molar-refractivity contribution >= 4 is 11.6 Å². The van der Waals surface area contributed by atoms with Gasteiger partial charge in [0, 0.05) is 31.1 Å². The van der Waals surface area contributed by atoms with E-state index in [1.165, 1.54) is 11.1 Å². The molecule has 0 radical (unpaired) electrons. The van der Waals surface area contributed by atoms with E-state index in [9.17, 15) is 5.11 Å². The van der Waals surface area contributed by atoms with E-state index in [1.807, 2.05) is 25.1 Å². The second-order valence-electron chi connectivity index (χ2n) is 4.70. The van der Waals surface area contributed by atoms with Crippen molar-refractivity contribution in [2.24, 2.45) is 0 Å². The molecule has 2 N–H and O–H groups in total. The van der Waals surface area contributed by atoms with Gasteiger partial charge in [0.15, 0.2) is 0 Å². The first kappa shape index (κ1) is 12.8. The molecule has 1 atom stereocenters. The zero-order valence-corrected chi connectivity index (χ0v) is 10.8. The summed E-state index contributed by atoms with van der Waals surface area (Å²) in [5.41, 5.74) is 1.68. The molecule has 0 saturated carbocycles. The van der Waals surface area contributed by atoms with Crippen LogP contribution in [0.3, 0.4) is 0 Å². The van der Waals surface area contributed by atoms with Crippen molar-refractivity contribution in [2.45, 2.75) is 25.5 Å². The summed E-state index contributed by atoms with van der Waals surface area (Å²) in [7, 11) is 0. The molecule has 1 saturated heterocycles. The smallest absolute Gasteiger partial charge is 0.102 e. The molecule has 1 aliphatic heterocycles. The number of benzene rings is 1. The van der Waals surface area contributed by atoms with Gasteiger partial charge in [0.2, 0.25) is 0 Å². The Balaban J connectivity index is 1.85. The van der Waals surface area contributed by atoms with Gasteiger partial charge in [0.05, 0.1) is 6.61 Å². The number of hydrogen-bond donors (Lipinski definition) is 2. The first-order valence-electron chi connectivity index (χ1n) is 5.85. The standard InChI is InChI=1S/C13H18ClNO2/c1-10-6-12(14)3-2-11(10)7-15-8-13(16)4-5-17-9-13/h2-3,6,15-16H,4-5,7-9H2,1H3. The van der Waals surface area contributed by atoms with Crippen molar-refractivity contribution in [1.82, 2.24) is 5.32 Å². The maximum atomic E-state index is 10.1. The van der Waals surface area contributed by atoms with Crippen LogP contribution >= 0.6 is 11.6 Å². The third-order valence-corrected chi connectivity index (χ3v) is 3.39. The van der Waals surface area contributed by atoms with Gasteiger partial charge in [0.25, 0.3) is 0 Å². The highest BCUT2D eigenvalue weighted by Gasteiger charge is 2.31. The SMILES string of the molecule is Cc1cc(Cl)ccc1CNCC1(O)CCOC1. The lowest BCUT2D eigenvalue weighted by Gasteiger charge is -2.21. The summed E-state index contributed by atoms with van der Waals surface area (Å²) >= 11 is 5.90. The van der Waals surface area contributed by atoms with E-state index in [-0.39, 0.29) is 0 Å². The molecule has 4 heteroatoms. The summed E-state index contributed by atoms with van der Waals surface area (Å²) in [6.45, 7) is 4.43. The number of aliphatic hydroxyl groups is 1. The van der Waals surface area contributed by atoms with Crippen molar-refractivity contribution in [1.29, 1.82) is 0 Å². The molecule has 1 aromatic rings. The molecule has 2 rings (SSSR count). The summed E-state index contributed by atoms with van der Waals surface area (Å²) in [4.78, 5) is 0. The van der Waals surface area contributed by atoms with Crippen LogP contribution in [0, 0.1) is 6.92 Å². The Morgan fingerprint density at radius 3 is 3.00 bits per heavy atom. The molecule has 0 aliphatic carbocycles. The maximum absolute atomic E-state index is 10.1. The van der Waals surface area contributed by atoms with Crippen molar-refractivity contribution < 1.29 is 9.84 Å². The lowest BCUT2D eigenvalue weighted by Crippen LogP contribution is -2.40. The van der Waals surface area contributed by atoms with Gasteiger partial charge in [-0.25, -0.2) is 0 Å². The maximum Gasteiger partial charge on any atom is 0.102 e. The Morgan fingerprint density at radius 1 is 1.53 bits per heavy atom. The zero-order chi connectivity index (χ0) is 12.3. The summed E-state index contributed by atoms with van der Waals surface area (Å²) < 4.78 is 5.19. The number of nitrogens with one attached hydrogen (secondary N) is 1. The first-order valence-corrected chi connectivity index (χ1v) is 6.23. The molecule has 0 aromatic heterocycles. The van der Waals surface area contributed by atoms with Crippen LogP contribution in [0.5, 0.6) is 0 Å². The van der Waals surface area contributed by atoms with Crippen LogP contribution in [0.4, 0.5) is 0 Å². The fraction of sp³-hybridized carbons (Fsp3) is 0.538. The van der Waals surface area contributed by atoms with E-state index in [4.69, 9.17) is 16.3 Å². The zero-order valence-electron chi connectivity index (χ0n) is 10.0. The van der Waals surface area contributed by atoms with Gasteiger partial charge >= 0.3 is 0 Å². The van der Waals surface area contributed by atoms with Crippen LogP contribution in [0.25, 0.3) is 0 Å². The van der Waals surface area contributed by atoms with Crippen LogP contribution in [0.1, 0.15) is 17.5 Å². The largest absolute Gasteiger partial charge is 0.386 e. The number of rotatable bonds is 4. The Hall–Kier alpha value is -0.610. The van der Waals surface area contributed by atoms with Gasteiger partial charge in [0.1, 0.15) is 5.60 Å². The van der Waals surface area contributed by atoms with Gasteiger partial charge in [-0.2, -0.15) is 0 Å². The molecule has 1 heterocycles. The lowest BCUT2D eigenvalue weighted by molar-refractivity contribution is 0.0268. The van der Waals surface area contributed by atoms with Crippen LogP contribution in [-0.2, 0) is 11.3 Å². The Morgan fingerprint density at radius 2 is 2.35 bits per heavy atom. The predicted molar refractivity (Wildman–Crippen MR) is 68.3 cm³/mol. The second kappa shape index (κ2) is 5.36. The van der Waals surface area contributed by atoms with Crippen molar-refractivity contribution in [2.75, 3.05) is 19.8 Å². The fourth-order valence-corrected chi connectivity index (χ4v) is 2.25. The summed E-state index contributed by atoms with van der Waals surface area (Å²) in [6, 6.07) is 5.85. The monoisotopic (exact) mass is 255 g/mol. The molecule has 94 valence electrons. The molecule has 0 amide bonds. The summed E-state index contributed by atoms with van der Waals surface area (Å²) in [5.74, 6) is 0. The van der Waals surface area contributed by atoms with Crippen molar-refractivity contribution in [3.8, 4) is 0 Å². The topological polar surface area (TPSA) is 41.5 Å². The summed E-state index contributed by atoms with van der Waals surface area (Å²) in [6.07, 6.45) is 0.708.